The second-order valence-electron chi connectivity index (χ2n) is 8.59. The Bertz CT molecular complexity index is 842. The molecule has 0 heterocycles. The van der Waals surface area contributed by atoms with E-state index in [4.69, 9.17) is 4.74 Å². The van der Waals surface area contributed by atoms with Crippen LogP contribution in [0.15, 0.2) is 54.6 Å². The molecule has 0 saturated heterocycles. The summed E-state index contributed by atoms with van der Waals surface area (Å²) in [4.78, 5) is 25.2. The van der Waals surface area contributed by atoms with Crippen molar-refractivity contribution < 1.29 is 14.3 Å². The fourth-order valence-corrected chi connectivity index (χ4v) is 6.18. The van der Waals surface area contributed by atoms with E-state index in [1.54, 1.807) is 24.3 Å². The Morgan fingerprint density at radius 2 is 1.30 bits per heavy atom. The van der Waals surface area contributed by atoms with Crippen molar-refractivity contribution in [2.45, 2.75) is 38.0 Å². The van der Waals surface area contributed by atoms with E-state index < -0.39 is 11.9 Å². The molecule has 0 aliphatic heterocycles. The lowest BCUT2D eigenvalue weighted by Crippen LogP contribution is -2.44. The van der Waals surface area contributed by atoms with Crippen molar-refractivity contribution in [1.29, 1.82) is 0 Å². The summed E-state index contributed by atoms with van der Waals surface area (Å²) < 4.78 is 5.23. The largest absolute Gasteiger partial charge is 0.386 e. The van der Waals surface area contributed by atoms with Gasteiger partial charge in [-0.2, -0.15) is 0 Å². The van der Waals surface area contributed by atoms with Crippen LogP contribution in [-0.4, -0.2) is 11.9 Å². The van der Waals surface area contributed by atoms with Crippen LogP contribution < -0.4 is 0 Å². The summed E-state index contributed by atoms with van der Waals surface area (Å²) in [5.41, 5.74) is 2.06. The van der Waals surface area contributed by atoms with Crippen molar-refractivity contribution in [3.8, 4) is 0 Å². The van der Waals surface area contributed by atoms with Crippen molar-refractivity contribution in [2.75, 3.05) is 0 Å². The Hall–Kier alpha value is -2.42. The predicted octanol–water partition coefficient (Wildman–Crippen LogP) is 5.22. The number of carbonyl (C=O) groups is 2. The van der Waals surface area contributed by atoms with Crippen LogP contribution in [0.2, 0.25) is 0 Å². The zero-order chi connectivity index (χ0) is 18.4. The van der Waals surface area contributed by atoms with Gasteiger partial charge in [0, 0.05) is 0 Å². The van der Waals surface area contributed by atoms with Crippen molar-refractivity contribution in [3.63, 3.8) is 0 Å². The number of hydrogen-bond donors (Lipinski definition) is 0. The minimum absolute atomic E-state index is 0.401. The van der Waals surface area contributed by atoms with Gasteiger partial charge in [-0.05, 0) is 85.5 Å². The van der Waals surface area contributed by atoms with E-state index in [-0.39, 0.29) is 0 Å². The molecular weight excluding hydrogens is 336 g/mol. The highest BCUT2D eigenvalue weighted by Gasteiger charge is 2.49. The van der Waals surface area contributed by atoms with Crippen molar-refractivity contribution in [2.24, 2.45) is 23.7 Å². The quantitative estimate of drug-likeness (QED) is 0.556. The van der Waals surface area contributed by atoms with Gasteiger partial charge in [0.25, 0.3) is 0 Å². The SMILES string of the molecule is O=C(OC(=O)c1ccccc1C1C2CC3CC(C2)CC1C3)c1ccccc1. The van der Waals surface area contributed by atoms with Gasteiger partial charge in [0.15, 0.2) is 0 Å². The lowest BCUT2D eigenvalue weighted by Gasteiger charge is -2.54. The summed E-state index contributed by atoms with van der Waals surface area (Å²) in [6, 6.07) is 16.5. The summed E-state index contributed by atoms with van der Waals surface area (Å²) in [6.45, 7) is 0. The van der Waals surface area contributed by atoms with Crippen LogP contribution in [0.5, 0.6) is 0 Å². The first kappa shape index (κ1) is 16.7. The lowest BCUT2D eigenvalue weighted by atomic mass is 9.50. The third-order valence-corrected chi connectivity index (χ3v) is 6.96. The fourth-order valence-electron chi connectivity index (χ4n) is 6.18. The first-order valence-electron chi connectivity index (χ1n) is 10.1. The molecule has 0 aromatic heterocycles. The third-order valence-electron chi connectivity index (χ3n) is 6.96. The molecule has 0 atom stereocenters. The number of benzene rings is 2. The Kier molecular flexibility index (Phi) is 4.11. The maximum absolute atomic E-state index is 12.8. The Labute approximate surface area is 159 Å². The maximum atomic E-state index is 12.8. The van der Waals surface area contributed by atoms with Crippen LogP contribution in [0.4, 0.5) is 0 Å². The van der Waals surface area contributed by atoms with Gasteiger partial charge >= 0.3 is 11.9 Å². The smallest absolute Gasteiger partial charge is 0.346 e. The molecule has 4 aliphatic carbocycles. The zero-order valence-corrected chi connectivity index (χ0v) is 15.3. The number of rotatable bonds is 3. The van der Waals surface area contributed by atoms with E-state index in [0.717, 1.165) is 17.4 Å². The predicted molar refractivity (Wildman–Crippen MR) is 102 cm³/mol. The molecule has 2 aromatic rings. The first-order chi connectivity index (χ1) is 13.2. The number of carbonyl (C=O) groups excluding carboxylic acids is 2. The second kappa shape index (κ2) is 6.63. The highest BCUT2D eigenvalue weighted by molar-refractivity contribution is 6.03. The first-order valence-corrected chi connectivity index (χ1v) is 10.1. The second-order valence-corrected chi connectivity index (χ2v) is 8.59. The number of ether oxygens (including phenoxy) is 1. The molecule has 0 amide bonds. The monoisotopic (exact) mass is 360 g/mol. The van der Waals surface area contributed by atoms with Gasteiger partial charge < -0.3 is 4.74 Å². The van der Waals surface area contributed by atoms with Crippen molar-refractivity contribution in [3.05, 3.63) is 71.3 Å². The maximum Gasteiger partial charge on any atom is 0.346 e. The average Bonchev–Trinajstić information content (AvgIpc) is 2.68. The van der Waals surface area contributed by atoms with Crippen LogP contribution >= 0.6 is 0 Å². The van der Waals surface area contributed by atoms with Gasteiger partial charge in [-0.25, -0.2) is 9.59 Å². The van der Waals surface area contributed by atoms with E-state index in [9.17, 15) is 9.59 Å². The Morgan fingerprint density at radius 3 is 1.96 bits per heavy atom. The zero-order valence-electron chi connectivity index (χ0n) is 15.3. The van der Waals surface area contributed by atoms with E-state index in [1.807, 2.05) is 24.3 Å². The molecule has 4 fully saturated rings. The molecule has 138 valence electrons. The van der Waals surface area contributed by atoms with Crippen LogP contribution in [0, 0.1) is 23.7 Å². The summed E-state index contributed by atoms with van der Waals surface area (Å²) in [5, 5.41) is 0. The highest BCUT2D eigenvalue weighted by Crippen LogP contribution is 2.60. The van der Waals surface area contributed by atoms with Gasteiger partial charge in [0.2, 0.25) is 0 Å². The Morgan fingerprint density at radius 1 is 0.704 bits per heavy atom. The van der Waals surface area contributed by atoms with Gasteiger partial charge in [0.1, 0.15) is 0 Å². The van der Waals surface area contributed by atoms with Crippen LogP contribution in [0.3, 0.4) is 0 Å². The third kappa shape index (κ3) is 2.99. The average molecular weight is 360 g/mol. The standard InChI is InChI=1S/C24H24O3/c25-23(17-6-2-1-3-7-17)27-24(26)21-9-5-4-8-20(21)22-18-11-15-10-16(13-18)14-19(22)12-15/h1-9,15-16,18-19,22H,10-14H2. The summed E-state index contributed by atoms with van der Waals surface area (Å²) in [5.74, 6) is 2.48. The number of hydrogen-bond acceptors (Lipinski definition) is 3. The molecule has 3 heteroatoms. The molecule has 3 nitrogen and oxygen atoms in total. The van der Waals surface area contributed by atoms with E-state index in [1.165, 1.54) is 32.1 Å². The Balaban J connectivity index is 1.41. The number of esters is 2. The molecule has 0 spiro atoms. The van der Waals surface area contributed by atoms with Gasteiger partial charge in [-0.1, -0.05) is 36.4 Å². The lowest BCUT2D eigenvalue weighted by molar-refractivity contribution is -0.00324. The molecule has 4 saturated carbocycles. The minimum atomic E-state index is -0.583. The molecule has 6 rings (SSSR count). The molecule has 27 heavy (non-hydrogen) atoms. The summed E-state index contributed by atoms with van der Waals surface area (Å²) in [7, 11) is 0. The molecule has 0 radical (unpaired) electrons. The molecule has 0 N–H and O–H groups in total. The highest BCUT2D eigenvalue weighted by atomic mass is 16.6. The van der Waals surface area contributed by atoms with Crippen LogP contribution in [-0.2, 0) is 4.74 Å². The minimum Gasteiger partial charge on any atom is -0.386 e. The molecule has 2 aromatic carbocycles. The van der Waals surface area contributed by atoms with Gasteiger partial charge in [0.05, 0.1) is 11.1 Å². The fraction of sp³-hybridized carbons (Fsp3) is 0.417. The van der Waals surface area contributed by atoms with Crippen molar-refractivity contribution >= 4 is 11.9 Å². The normalized spacial score (nSPS) is 30.9. The van der Waals surface area contributed by atoms with Gasteiger partial charge in [-0.3, -0.25) is 0 Å². The van der Waals surface area contributed by atoms with Crippen LogP contribution in [0.25, 0.3) is 0 Å². The summed E-state index contributed by atoms with van der Waals surface area (Å²) >= 11 is 0. The molecule has 0 unspecified atom stereocenters. The van der Waals surface area contributed by atoms with Crippen molar-refractivity contribution in [1.82, 2.24) is 0 Å². The van der Waals surface area contributed by atoms with E-state index >= 15 is 0 Å². The van der Waals surface area contributed by atoms with E-state index in [0.29, 0.717) is 28.9 Å². The molecular formula is C24H24O3. The van der Waals surface area contributed by atoms with Gasteiger partial charge in [-0.15, -0.1) is 0 Å². The van der Waals surface area contributed by atoms with E-state index in [2.05, 4.69) is 6.07 Å². The molecule has 4 aliphatic rings. The van der Waals surface area contributed by atoms with Crippen LogP contribution in [0.1, 0.15) is 64.3 Å². The molecule has 4 bridgehead atoms. The summed E-state index contributed by atoms with van der Waals surface area (Å²) in [6.07, 6.45) is 6.59. The topological polar surface area (TPSA) is 43.4 Å².